The SMILES string of the molecule is COCC(O)CN1CCC(NC(=O)NCc2ccn(C3CCCC3)n2)CC1. The van der Waals surface area contributed by atoms with Crippen molar-refractivity contribution in [3.05, 3.63) is 18.0 Å². The molecule has 3 rings (SSSR count). The van der Waals surface area contributed by atoms with Gasteiger partial charge in [0.25, 0.3) is 0 Å². The van der Waals surface area contributed by atoms with Crippen LogP contribution < -0.4 is 10.6 Å². The second-order valence-electron chi connectivity index (χ2n) is 7.74. The van der Waals surface area contributed by atoms with E-state index in [-0.39, 0.29) is 12.1 Å². The summed E-state index contributed by atoms with van der Waals surface area (Å²) in [6.45, 7) is 3.18. The molecule has 3 N–H and O–H groups in total. The summed E-state index contributed by atoms with van der Waals surface area (Å²) in [7, 11) is 1.59. The quantitative estimate of drug-likeness (QED) is 0.633. The van der Waals surface area contributed by atoms with E-state index in [9.17, 15) is 9.90 Å². The van der Waals surface area contributed by atoms with Crippen LogP contribution in [0.2, 0.25) is 0 Å². The van der Waals surface area contributed by atoms with Crippen LogP contribution in [-0.2, 0) is 11.3 Å². The number of aliphatic hydroxyl groups excluding tert-OH is 1. The van der Waals surface area contributed by atoms with Gasteiger partial charge >= 0.3 is 6.03 Å². The zero-order chi connectivity index (χ0) is 19.1. The maximum Gasteiger partial charge on any atom is 0.315 e. The molecule has 152 valence electrons. The number of β-amino-alcohol motifs (C(OH)–C–C–N with tert-alkyl or cyclic N) is 1. The van der Waals surface area contributed by atoms with Crippen LogP contribution in [0.1, 0.15) is 50.3 Å². The van der Waals surface area contributed by atoms with Crippen molar-refractivity contribution in [1.82, 2.24) is 25.3 Å². The predicted molar refractivity (Wildman–Crippen MR) is 102 cm³/mol. The Morgan fingerprint density at radius 3 is 2.78 bits per heavy atom. The number of amides is 2. The van der Waals surface area contributed by atoms with Crippen molar-refractivity contribution in [2.24, 2.45) is 0 Å². The van der Waals surface area contributed by atoms with Gasteiger partial charge in [-0.1, -0.05) is 12.8 Å². The van der Waals surface area contributed by atoms with Gasteiger partial charge < -0.3 is 25.4 Å². The van der Waals surface area contributed by atoms with Crippen LogP contribution in [0.5, 0.6) is 0 Å². The van der Waals surface area contributed by atoms with Gasteiger partial charge in [0, 0.05) is 39.0 Å². The number of methoxy groups -OCH3 is 1. The van der Waals surface area contributed by atoms with Gasteiger partial charge in [-0.05, 0) is 31.7 Å². The number of likely N-dealkylation sites (tertiary alicyclic amines) is 1. The van der Waals surface area contributed by atoms with E-state index in [2.05, 4.69) is 25.3 Å². The highest BCUT2D eigenvalue weighted by atomic mass is 16.5. The molecule has 27 heavy (non-hydrogen) atoms. The van der Waals surface area contributed by atoms with Crippen LogP contribution in [-0.4, -0.2) is 71.3 Å². The van der Waals surface area contributed by atoms with Gasteiger partial charge in [0.2, 0.25) is 0 Å². The van der Waals surface area contributed by atoms with Crippen LogP contribution in [0.15, 0.2) is 12.3 Å². The van der Waals surface area contributed by atoms with Gasteiger partial charge in [-0.3, -0.25) is 4.68 Å². The van der Waals surface area contributed by atoms with E-state index in [1.54, 1.807) is 7.11 Å². The fraction of sp³-hybridized carbons (Fsp3) is 0.789. The number of nitrogens with zero attached hydrogens (tertiary/aromatic N) is 3. The average Bonchev–Trinajstić information content (AvgIpc) is 3.33. The molecule has 0 radical (unpaired) electrons. The van der Waals surface area contributed by atoms with Crippen LogP contribution in [0, 0.1) is 0 Å². The van der Waals surface area contributed by atoms with E-state index in [0.29, 0.717) is 25.7 Å². The Kier molecular flexibility index (Phi) is 7.49. The molecular formula is C19H33N5O3. The molecule has 1 aromatic heterocycles. The molecule has 1 aromatic rings. The van der Waals surface area contributed by atoms with Crippen molar-refractivity contribution in [3.63, 3.8) is 0 Å². The molecule has 2 fully saturated rings. The molecule has 1 aliphatic carbocycles. The van der Waals surface area contributed by atoms with E-state index in [1.165, 1.54) is 25.7 Å². The fourth-order valence-electron chi connectivity index (χ4n) is 4.05. The minimum atomic E-state index is -0.452. The highest BCUT2D eigenvalue weighted by molar-refractivity contribution is 5.74. The number of urea groups is 1. The van der Waals surface area contributed by atoms with Crippen molar-refractivity contribution in [3.8, 4) is 0 Å². The first-order chi connectivity index (χ1) is 13.1. The topological polar surface area (TPSA) is 91.6 Å². The van der Waals surface area contributed by atoms with E-state index < -0.39 is 6.10 Å². The van der Waals surface area contributed by atoms with Crippen LogP contribution in [0.4, 0.5) is 4.79 Å². The number of carbonyl (C=O) groups is 1. The third-order valence-corrected chi connectivity index (χ3v) is 5.54. The Bertz CT molecular complexity index is 580. The van der Waals surface area contributed by atoms with Crippen molar-refractivity contribution < 1.29 is 14.6 Å². The van der Waals surface area contributed by atoms with Crippen LogP contribution in [0.3, 0.4) is 0 Å². The lowest BCUT2D eigenvalue weighted by atomic mass is 10.0. The Hall–Kier alpha value is -1.64. The monoisotopic (exact) mass is 379 g/mol. The van der Waals surface area contributed by atoms with Gasteiger partial charge in [0.15, 0.2) is 0 Å². The summed E-state index contributed by atoms with van der Waals surface area (Å²) in [6, 6.07) is 2.56. The summed E-state index contributed by atoms with van der Waals surface area (Å²) in [4.78, 5) is 14.4. The molecule has 8 nitrogen and oxygen atoms in total. The van der Waals surface area contributed by atoms with Gasteiger partial charge in [0.05, 0.1) is 31.0 Å². The summed E-state index contributed by atoms with van der Waals surface area (Å²) in [5.74, 6) is 0. The lowest BCUT2D eigenvalue weighted by molar-refractivity contribution is 0.0314. The van der Waals surface area contributed by atoms with Crippen molar-refractivity contribution in [2.45, 2.75) is 63.3 Å². The first kappa shape index (κ1) is 20.1. The minimum Gasteiger partial charge on any atom is -0.389 e. The predicted octanol–water partition coefficient (Wildman–Crippen LogP) is 1.27. The van der Waals surface area contributed by atoms with E-state index in [1.807, 2.05) is 12.3 Å². The second kappa shape index (κ2) is 10.1. The number of ether oxygens (including phenoxy) is 1. The number of piperidine rings is 1. The number of aliphatic hydroxyl groups is 1. The van der Waals surface area contributed by atoms with Gasteiger partial charge in [-0.25, -0.2) is 4.79 Å². The largest absolute Gasteiger partial charge is 0.389 e. The summed E-state index contributed by atoms with van der Waals surface area (Å²) in [5, 5.41) is 20.4. The lowest BCUT2D eigenvalue weighted by Gasteiger charge is -2.33. The van der Waals surface area contributed by atoms with Crippen molar-refractivity contribution in [2.75, 3.05) is 33.4 Å². The molecular weight excluding hydrogens is 346 g/mol. The fourth-order valence-corrected chi connectivity index (χ4v) is 4.05. The van der Waals surface area contributed by atoms with E-state index in [4.69, 9.17) is 4.74 Å². The number of nitrogens with one attached hydrogen (secondary N) is 2. The molecule has 1 aliphatic heterocycles. The molecule has 1 saturated heterocycles. The molecule has 2 amide bonds. The van der Waals surface area contributed by atoms with E-state index in [0.717, 1.165) is 31.6 Å². The Morgan fingerprint density at radius 1 is 1.33 bits per heavy atom. The number of hydrogen-bond donors (Lipinski definition) is 3. The van der Waals surface area contributed by atoms with Crippen molar-refractivity contribution in [1.29, 1.82) is 0 Å². The van der Waals surface area contributed by atoms with Gasteiger partial charge in [0.1, 0.15) is 0 Å². The van der Waals surface area contributed by atoms with Gasteiger partial charge in [-0.2, -0.15) is 5.10 Å². The molecule has 1 unspecified atom stereocenters. The molecule has 0 aromatic carbocycles. The first-order valence-electron chi connectivity index (χ1n) is 10.1. The number of hydrogen-bond acceptors (Lipinski definition) is 5. The lowest BCUT2D eigenvalue weighted by Crippen LogP contribution is -2.49. The summed E-state index contributed by atoms with van der Waals surface area (Å²) in [6.07, 6.45) is 8.33. The standard InChI is InChI=1S/C19H33N5O3/c1-27-14-18(25)13-23-9-6-15(7-10-23)21-19(26)20-12-16-8-11-24(22-16)17-4-2-3-5-17/h8,11,15,17-18,25H,2-7,9-10,12-14H2,1H3,(H2,20,21,26). The molecule has 2 aliphatic rings. The summed E-state index contributed by atoms with van der Waals surface area (Å²) < 4.78 is 7.02. The minimum absolute atomic E-state index is 0.136. The third kappa shape index (κ3) is 6.19. The van der Waals surface area contributed by atoms with Gasteiger partial charge in [-0.15, -0.1) is 0 Å². The number of rotatable bonds is 8. The average molecular weight is 380 g/mol. The normalized spacial score (nSPS) is 20.7. The maximum atomic E-state index is 12.2. The summed E-state index contributed by atoms with van der Waals surface area (Å²) >= 11 is 0. The highest BCUT2D eigenvalue weighted by Crippen LogP contribution is 2.28. The smallest absolute Gasteiger partial charge is 0.315 e. The Morgan fingerprint density at radius 2 is 2.07 bits per heavy atom. The maximum absolute atomic E-state index is 12.2. The highest BCUT2D eigenvalue weighted by Gasteiger charge is 2.22. The number of carbonyl (C=O) groups excluding carboxylic acids is 1. The molecule has 2 heterocycles. The molecule has 8 heteroatoms. The first-order valence-corrected chi connectivity index (χ1v) is 10.1. The van der Waals surface area contributed by atoms with Crippen LogP contribution in [0.25, 0.3) is 0 Å². The van der Waals surface area contributed by atoms with Crippen molar-refractivity contribution >= 4 is 6.03 Å². The molecule has 1 atom stereocenters. The Balaban J connectivity index is 1.33. The number of aromatic nitrogens is 2. The van der Waals surface area contributed by atoms with Crippen LogP contribution >= 0.6 is 0 Å². The second-order valence-corrected chi connectivity index (χ2v) is 7.74. The zero-order valence-corrected chi connectivity index (χ0v) is 16.3. The summed E-state index contributed by atoms with van der Waals surface area (Å²) in [5.41, 5.74) is 0.902. The Labute approximate surface area is 161 Å². The molecule has 1 saturated carbocycles. The molecule has 0 spiro atoms. The third-order valence-electron chi connectivity index (χ3n) is 5.54. The van der Waals surface area contributed by atoms with E-state index >= 15 is 0 Å². The molecule has 0 bridgehead atoms. The zero-order valence-electron chi connectivity index (χ0n) is 16.3.